The fourth-order valence-electron chi connectivity index (χ4n) is 8.97. The third-order valence-corrected chi connectivity index (χ3v) is 11.6. The SMILES string of the molecule is c1ccc(C2=NC(c3cccc4oc5ccc(-n6c7ccccc7c7cc(-c8ccccc8)c8ccccc8c76)cc5c34)NC(c3ccc4ccccc4c3)=N2)cc1. The molecule has 0 saturated heterocycles. The van der Waals surface area contributed by atoms with Crippen molar-refractivity contribution in [2.75, 3.05) is 0 Å². The number of amidine groups is 2. The number of hydrogen-bond acceptors (Lipinski definition) is 4. The number of aliphatic imine (C=N–C) groups is 2. The molecule has 1 N–H and O–H groups in total. The van der Waals surface area contributed by atoms with Crippen molar-refractivity contribution in [1.82, 2.24) is 9.88 Å². The van der Waals surface area contributed by atoms with Crippen LogP contribution in [0.3, 0.4) is 0 Å². The molecule has 1 aliphatic rings. The molecule has 12 rings (SSSR count). The molecule has 0 fully saturated rings. The van der Waals surface area contributed by atoms with Crippen molar-refractivity contribution < 1.29 is 4.42 Å². The van der Waals surface area contributed by atoms with Crippen LogP contribution in [0.15, 0.2) is 209 Å². The fourth-order valence-corrected chi connectivity index (χ4v) is 8.97. The summed E-state index contributed by atoms with van der Waals surface area (Å²) in [6.07, 6.45) is -0.420. The predicted molar refractivity (Wildman–Crippen MR) is 240 cm³/mol. The predicted octanol–water partition coefficient (Wildman–Crippen LogP) is 13.2. The normalized spacial score (nSPS) is 14.4. The summed E-state index contributed by atoms with van der Waals surface area (Å²) in [6, 6.07) is 68.6. The first-order chi connectivity index (χ1) is 28.7. The van der Waals surface area contributed by atoms with Gasteiger partial charge in [0.15, 0.2) is 5.84 Å². The largest absolute Gasteiger partial charge is 0.456 e. The fraction of sp³-hybridized carbons (Fsp3) is 0.0189. The lowest BCUT2D eigenvalue weighted by Gasteiger charge is -2.24. The van der Waals surface area contributed by atoms with Gasteiger partial charge < -0.3 is 14.3 Å². The van der Waals surface area contributed by atoms with Gasteiger partial charge in [0, 0.05) is 49.3 Å². The van der Waals surface area contributed by atoms with Crippen LogP contribution in [-0.2, 0) is 0 Å². The van der Waals surface area contributed by atoms with E-state index in [1.807, 2.05) is 18.2 Å². The van der Waals surface area contributed by atoms with E-state index < -0.39 is 6.17 Å². The molecular formula is C53H34N4O. The molecule has 5 nitrogen and oxygen atoms in total. The van der Waals surface area contributed by atoms with Crippen molar-refractivity contribution in [2.24, 2.45) is 9.98 Å². The Kier molecular flexibility index (Phi) is 7.23. The number of benzene rings is 9. The van der Waals surface area contributed by atoms with Gasteiger partial charge in [0.05, 0.1) is 11.0 Å². The highest BCUT2D eigenvalue weighted by Gasteiger charge is 2.25. The van der Waals surface area contributed by atoms with Crippen molar-refractivity contribution in [1.29, 1.82) is 0 Å². The Morgan fingerprint density at radius 3 is 2.05 bits per heavy atom. The lowest BCUT2D eigenvalue weighted by Crippen LogP contribution is -2.33. The molecule has 0 spiro atoms. The van der Waals surface area contributed by atoms with Gasteiger partial charge in [-0.15, -0.1) is 0 Å². The quantitative estimate of drug-likeness (QED) is 0.191. The Bertz CT molecular complexity index is 3480. The molecule has 1 atom stereocenters. The van der Waals surface area contributed by atoms with Gasteiger partial charge in [0.1, 0.15) is 23.2 Å². The van der Waals surface area contributed by atoms with Gasteiger partial charge in [-0.2, -0.15) is 0 Å². The molecule has 11 aromatic rings. The summed E-state index contributed by atoms with van der Waals surface area (Å²) in [7, 11) is 0. The van der Waals surface area contributed by atoms with Crippen LogP contribution in [0.4, 0.5) is 0 Å². The zero-order valence-corrected chi connectivity index (χ0v) is 31.3. The maximum absolute atomic E-state index is 6.62. The smallest absolute Gasteiger partial charge is 0.159 e. The standard InChI is InChI=1S/C53H34N4O/c1-3-15-34(16-4-1)43-32-44-40-21-11-12-24-46(40)57(50(44)41-22-10-9-20-39(41)43)38-28-29-47-45(31-38)49-42(23-13-25-48(49)58-47)53-55-51(35-17-5-2-6-18-35)54-52(56-53)37-27-26-33-14-7-8-19-36(33)30-37/h1-32,53H,(H,54,55,56). The van der Waals surface area contributed by atoms with E-state index in [0.717, 1.165) is 61.1 Å². The number of fused-ring (bicyclic) bond motifs is 9. The number of aromatic nitrogens is 1. The van der Waals surface area contributed by atoms with Crippen LogP contribution in [0, 0.1) is 0 Å². The molecule has 0 aliphatic carbocycles. The van der Waals surface area contributed by atoms with Crippen molar-refractivity contribution in [3.05, 3.63) is 211 Å². The Morgan fingerprint density at radius 1 is 0.483 bits per heavy atom. The van der Waals surface area contributed by atoms with Crippen LogP contribution in [-0.4, -0.2) is 16.2 Å². The van der Waals surface area contributed by atoms with Gasteiger partial charge >= 0.3 is 0 Å². The van der Waals surface area contributed by atoms with Gasteiger partial charge in [-0.05, 0) is 69.8 Å². The minimum absolute atomic E-state index is 0.420. The first-order valence-electron chi connectivity index (χ1n) is 19.7. The van der Waals surface area contributed by atoms with Gasteiger partial charge in [-0.3, -0.25) is 0 Å². The third-order valence-electron chi connectivity index (χ3n) is 11.6. The summed E-state index contributed by atoms with van der Waals surface area (Å²) in [5.41, 5.74) is 10.5. The van der Waals surface area contributed by atoms with E-state index in [1.165, 1.54) is 43.6 Å². The minimum atomic E-state index is -0.420. The molecule has 0 radical (unpaired) electrons. The minimum Gasteiger partial charge on any atom is -0.456 e. The first-order valence-corrected chi connectivity index (χ1v) is 19.7. The highest BCUT2D eigenvalue weighted by atomic mass is 16.3. The number of para-hydroxylation sites is 1. The van der Waals surface area contributed by atoms with E-state index in [2.05, 4.69) is 186 Å². The van der Waals surface area contributed by atoms with Crippen LogP contribution >= 0.6 is 0 Å². The van der Waals surface area contributed by atoms with Crippen LogP contribution < -0.4 is 5.32 Å². The lowest BCUT2D eigenvalue weighted by atomic mass is 9.95. The summed E-state index contributed by atoms with van der Waals surface area (Å²) >= 11 is 0. The van der Waals surface area contributed by atoms with Crippen molar-refractivity contribution in [3.63, 3.8) is 0 Å². The molecule has 0 saturated carbocycles. The lowest BCUT2D eigenvalue weighted by molar-refractivity contribution is 0.662. The van der Waals surface area contributed by atoms with E-state index in [9.17, 15) is 0 Å². The molecule has 9 aromatic carbocycles. The molecule has 5 heteroatoms. The third kappa shape index (κ3) is 5.10. The van der Waals surface area contributed by atoms with Crippen LogP contribution in [0.5, 0.6) is 0 Å². The molecule has 0 bridgehead atoms. The number of rotatable bonds is 5. The van der Waals surface area contributed by atoms with Crippen molar-refractivity contribution >= 4 is 77.0 Å². The zero-order valence-electron chi connectivity index (χ0n) is 31.3. The van der Waals surface area contributed by atoms with Crippen molar-refractivity contribution in [2.45, 2.75) is 6.17 Å². The number of furan rings is 1. The molecule has 1 unspecified atom stereocenters. The second kappa shape index (κ2) is 12.9. The Labute approximate surface area is 333 Å². The van der Waals surface area contributed by atoms with Gasteiger partial charge in [0.2, 0.25) is 0 Å². The summed E-state index contributed by atoms with van der Waals surface area (Å²) in [4.78, 5) is 10.4. The molecule has 58 heavy (non-hydrogen) atoms. The highest BCUT2D eigenvalue weighted by Crippen LogP contribution is 2.43. The summed E-state index contributed by atoms with van der Waals surface area (Å²) in [6.45, 7) is 0. The second-order valence-corrected chi connectivity index (χ2v) is 15.0. The monoisotopic (exact) mass is 742 g/mol. The average Bonchev–Trinajstić information content (AvgIpc) is 3.84. The molecule has 2 aromatic heterocycles. The Hall–Kier alpha value is -7.76. The van der Waals surface area contributed by atoms with E-state index in [4.69, 9.17) is 14.4 Å². The number of nitrogens with zero attached hydrogens (tertiary/aromatic N) is 3. The zero-order chi connectivity index (χ0) is 38.2. The van der Waals surface area contributed by atoms with Crippen LogP contribution in [0.1, 0.15) is 22.9 Å². The molecule has 1 aliphatic heterocycles. The average molecular weight is 743 g/mol. The van der Waals surface area contributed by atoms with Crippen LogP contribution in [0.2, 0.25) is 0 Å². The van der Waals surface area contributed by atoms with Gasteiger partial charge in [-0.1, -0.05) is 152 Å². The Morgan fingerprint density at radius 2 is 1.21 bits per heavy atom. The maximum atomic E-state index is 6.62. The number of hydrogen-bond donors (Lipinski definition) is 1. The van der Waals surface area contributed by atoms with E-state index in [1.54, 1.807) is 0 Å². The first kappa shape index (κ1) is 32.5. The van der Waals surface area contributed by atoms with E-state index >= 15 is 0 Å². The van der Waals surface area contributed by atoms with E-state index in [0.29, 0.717) is 5.84 Å². The van der Waals surface area contributed by atoms with Crippen LogP contribution in [0.25, 0.3) is 82.1 Å². The maximum Gasteiger partial charge on any atom is 0.159 e. The number of nitrogens with one attached hydrogen (secondary N) is 1. The molecule has 0 amide bonds. The Balaban J connectivity index is 1.07. The van der Waals surface area contributed by atoms with Crippen molar-refractivity contribution in [3.8, 4) is 16.8 Å². The topological polar surface area (TPSA) is 54.8 Å². The van der Waals surface area contributed by atoms with Gasteiger partial charge in [-0.25, -0.2) is 9.98 Å². The molecule has 3 heterocycles. The second-order valence-electron chi connectivity index (χ2n) is 15.0. The molecular weight excluding hydrogens is 709 g/mol. The van der Waals surface area contributed by atoms with Gasteiger partial charge in [0.25, 0.3) is 0 Å². The van der Waals surface area contributed by atoms with E-state index in [-0.39, 0.29) is 0 Å². The highest BCUT2D eigenvalue weighted by molar-refractivity contribution is 6.22. The summed E-state index contributed by atoms with van der Waals surface area (Å²) < 4.78 is 9.05. The summed E-state index contributed by atoms with van der Waals surface area (Å²) in [5, 5.41) is 13.0. The summed E-state index contributed by atoms with van der Waals surface area (Å²) in [5.74, 6) is 1.46. The molecule has 272 valence electrons.